The summed E-state index contributed by atoms with van der Waals surface area (Å²) < 4.78 is 10.5. The molecule has 0 aromatic heterocycles. The van der Waals surface area contributed by atoms with Crippen LogP contribution in [0.1, 0.15) is 27.2 Å². The number of hydrogen-bond acceptors (Lipinski definition) is 3. The van der Waals surface area contributed by atoms with E-state index in [1.54, 1.807) is 14.2 Å². The quantitative estimate of drug-likeness (QED) is 0.820. The van der Waals surface area contributed by atoms with Crippen molar-refractivity contribution in [1.82, 2.24) is 0 Å². The van der Waals surface area contributed by atoms with E-state index < -0.39 is 0 Å². The minimum absolute atomic E-state index is 0.465. The number of benzene rings is 1. The van der Waals surface area contributed by atoms with Gasteiger partial charge >= 0.3 is 0 Å². The predicted octanol–water partition coefficient (Wildman–Crippen LogP) is 3.55. The standard InChI is InChI=1S/C14H23NO2/c1-6-14(10(2)3)15-11-7-12(16-4)9-13(8-11)17-5/h7-10,14-15H,6H2,1-5H3. The number of hydrogen-bond donors (Lipinski definition) is 1. The Balaban J connectivity index is 2.89. The highest BCUT2D eigenvalue weighted by Gasteiger charge is 2.11. The molecule has 0 aliphatic heterocycles. The minimum Gasteiger partial charge on any atom is -0.497 e. The number of ether oxygens (including phenoxy) is 2. The number of rotatable bonds is 6. The fourth-order valence-electron chi connectivity index (χ4n) is 1.84. The average molecular weight is 237 g/mol. The number of methoxy groups -OCH3 is 2. The fraction of sp³-hybridized carbons (Fsp3) is 0.571. The predicted molar refractivity (Wildman–Crippen MR) is 72.1 cm³/mol. The van der Waals surface area contributed by atoms with Crippen molar-refractivity contribution in [3.05, 3.63) is 18.2 Å². The van der Waals surface area contributed by atoms with Crippen molar-refractivity contribution in [2.45, 2.75) is 33.2 Å². The molecule has 96 valence electrons. The van der Waals surface area contributed by atoms with Gasteiger partial charge in [-0.2, -0.15) is 0 Å². The third-order valence-corrected chi connectivity index (χ3v) is 2.95. The molecule has 0 amide bonds. The molecule has 1 aromatic rings. The van der Waals surface area contributed by atoms with E-state index in [2.05, 4.69) is 26.1 Å². The van der Waals surface area contributed by atoms with E-state index >= 15 is 0 Å². The summed E-state index contributed by atoms with van der Waals surface area (Å²) in [6.07, 6.45) is 1.09. The smallest absolute Gasteiger partial charge is 0.124 e. The van der Waals surface area contributed by atoms with Crippen molar-refractivity contribution in [1.29, 1.82) is 0 Å². The van der Waals surface area contributed by atoms with Crippen molar-refractivity contribution in [3.8, 4) is 11.5 Å². The molecule has 3 nitrogen and oxygen atoms in total. The zero-order valence-corrected chi connectivity index (χ0v) is 11.4. The Morgan fingerprint density at radius 3 is 1.94 bits per heavy atom. The molecular weight excluding hydrogens is 214 g/mol. The second-order valence-electron chi connectivity index (χ2n) is 4.50. The zero-order valence-electron chi connectivity index (χ0n) is 11.4. The minimum atomic E-state index is 0.465. The fourth-order valence-corrected chi connectivity index (χ4v) is 1.84. The van der Waals surface area contributed by atoms with Crippen LogP contribution in [0.5, 0.6) is 11.5 Å². The highest BCUT2D eigenvalue weighted by atomic mass is 16.5. The molecule has 17 heavy (non-hydrogen) atoms. The van der Waals surface area contributed by atoms with E-state index in [0.717, 1.165) is 23.6 Å². The Hall–Kier alpha value is -1.38. The van der Waals surface area contributed by atoms with E-state index in [1.165, 1.54) is 0 Å². The van der Waals surface area contributed by atoms with Crippen molar-refractivity contribution < 1.29 is 9.47 Å². The normalized spacial score (nSPS) is 12.4. The SMILES string of the molecule is CCC(Nc1cc(OC)cc(OC)c1)C(C)C. The first kappa shape index (κ1) is 13.7. The van der Waals surface area contributed by atoms with Gasteiger partial charge in [0.05, 0.1) is 14.2 Å². The molecule has 0 aliphatic carbocycles. The number of anilines is 1. The lowest BCUT2D eigenvalue weighted by atomic mass is 10.0. The van der Waals surface area contributed by atoms with Gasteiger partial charge in [-0.3, -0.25) is 0 Å². The summed E-state index contributed by atoms with van der Waals surface area (Å²) in [6.45, 7) is 6.63. The second kappa shape index (κ2) is 6.38. The van der Waals surface area contributed by atoms with Gasteiger partial charge in [0.25, 0.3) is 0 Å². The molecule has 0 aliphatic rings. The van der Waals surface area contributed by atoms with Crippen LogP contribution in [-0.4, -0.2) is 20.3 Å². The van der Waals surface area contributed by atoms with Crippen molar-refractivity contribution in [3.63, 3.8) is 0 Å². The third kappa shape index (κ3) is 3.84. The average Bonchev–Trinajstić information content (AvgIpc) is 2.34. The summed E-state index contributed by atoms with van der Waals surface area (Å²) in [4.78, 5) is 0. The summed E-state index contributed by atoms with van der Waals surface area (Å²) in [5, 5.41) is 3.52. The zero-order chi connectivity index (χ0) is 12.8. The molecule has 1 aromatic carbocycles. The van der Waals surface area contributed by atoms with E-state index in [-0.39, 0.29) is 0 Å². The molecule has 1 atom stereocenters. The van der Waals surface area contributed by atoms with Crippen LogP contribution >= 0.6 is 0 Å². The molecule has 0 saturated carbocycles. The Morgan fingerprint density at radius 2 is 1.59 bits per heavy atom. The molecule has 0 radical (unpaired) electrons. The summed E-state index contributed by atoms with van der Waals surface area (Å²) in [7, 11) is 3.33. The Morgan fingerprint density at radius 1 is 1.06 bits per heavy atom. The largest absolute Gasteiger partial charge is 0.497 e. The highest BCUT2D eigenvalue weighted by Crippen LogP contribution is 2.27. The number of nitrogens with one attached hydrogen (secondary N) is 1. The lowest BCUT2D eigenvalue weighted by Crippen LogP contribution is -2.24. The summed E-state index contributed by atoms with van der Waals surface area (Å²) >= 11 is 0. The maximum absolute atomic E-state index is 5.25. The summed E-state index contributed by atoms with van der Waals surface area (Å²) in [6, 6.07) is 6.33. The van der Waals surface area contributed by atoms with Crippen LogP contribution in [0.4, 0.5) is 5.69 Å². The monoisotopic (exact) mass is 237 g/mol. The van der Waals surface area contributed by atoms with Crippen LogP contribution in [0.25, 0.3) is 0 Å². The van der Waals surface area contributed by atoms with E-state index in [0.29, 0.717) is 12.0 Å². The topological polar surface area (TPSA) is 30.5 Å². The molecule has 1 N–H and O–H groups in total. The highest BCUT2D eigenvalue weighted by molar-refractivity contribution is 5.54. The maximum atomic E-state index is 5.25. The second-order valence-corrected chi connectivity index (χ2v) is 4.50. The van der Waals surface area contributed by atoms with Crippen LogP contribution in [-0.2, 0) is 0 Å². The van der Waals surface area contributed by atoms with Crippen molar-refractivity contribution >= 4 is 5.69 Å². The Bertz CT molecular complexity index is 328. The molecule has 0 heterocycles. The van der Waals surface area contributed by atoms with Gasteiger partial charge in [-0.25, -0.2) is 0 Å². The molecule has 3 heteroatoms. The third-order valence-electron chi connectivity index (χ3n) is 2.95. The van der Waals surface area contributed by atoms with E-state index in [1.807, 2.05) is 18.2 Å². The molecule has 0 spiro atoms. The molecule has 0 fully saturated rings. The Labute approximate surface area is 104 Å². The molecule has 1 unspecified atom stereocenters. The maximum Gasteiger partial charge on any atom is 0.124 e. The van der Waals surface area contributed by atoms with Crippen LogP contribution in [0.2, 0.25) is 0 Å². The van der Waals surface area contributed by atoms with Gasteiger partial charge in [0.2, 0.25) is 0 Å². The van der Waals surface area contributed by atoms with Gasteiger partial charge in [0.15, 0.2) is 0 Å². The van der Waals surface area contributed by atoms with Gasteiger partial charge in [-0.1, -0.05) is 20.8 Å². The van der Waals surface area contributed by atoms with Crippen molar-refractivity contribution in [2.75, 3.05) is 19.5 Å². The van der Waals surface area contributed by atoms with Gasteiger partial charge < -0.3 is 14.8 Å². The first-order chi connectivity index (χ1) is 8.10. The van der Waals surface area contributed by atoms with E-state index in [9.17, 15) is 0 Å². The molecule has 0 bridgehead atoms. The molecule has 1 rings (SSSR count). The van der Waals surface area contributed by atoms with Gasteiger partial charge in [0.1, 0.15) is 11.5 Å². The van der Waals surface area contributed by atoms with Crippen molar-refractivity contribution in [2.24, 2.45) is 5.92 Å². The lowest BCUT2D eigenvalue weighted by Gasteiger charge is -2.22. The lowest BCUT2D eigenvalue weighted by molar-refractivity contribution is 0.394. The molecule has 0 saturated heterocycles. The van der Waals surface area contributed by atoms with Crippen LogP contribution < -0.4 is 14.8 Å². The van der Waals surface area contributed by atoms with Gasteiger partial charge in [-0.15, -0.1) is 0 Å². The van der Waals surface area contributed by atoms with Crippen LogP contribution in [0.15, 0.2) is 18.2 Å². The van der Waals surface area contributed by atoms with Gasteiger partial charge in [-0.05, 0) is 12.3 Å². The van der Waals surface area contributed by atoms with Crippen LogP contribution in [0.3, 0.4) is 0 Å². The first-order valence-electron chi connectivity index (χ1n) is 6.10. The Kier molecular flexibility index (Phi) is 5.13. The van der Waals surface area contributed by atoms with Crippen LogP contribution in [0, 0.1) is 5.92 Å². The summed E-state index contributed by atoms with van der Waals surface area (Å²) in [5.41, 5.74) is 1.04. The molecular formula is C14H23NO2. The van der Waals surface area contributed by atoms with Gasteiger partial charge in [0, 0.05) is 29.9 Å². The first-order valence-corrected chi connectivity index (χ1v) is 6.10. The van der Waals surface area contributed by atoms with E-state index in [4.69, 9.17) is 9.47 Å². The summed E-state index contributed by atoms with van der Waals surface area (Å²) in [5.74, 6) is 2.22.